The van der Waals surface area contributed by atoms with Crippen LogP contribution in [0.4, 0.5) is 0 Å². The third kappa shape index (κ3) is 3.82. The molecule has 2 heterocycles. The molecule has 3 heteroatoms. The Morgan fingerprint density at radius 2 is 1.60 bits per heavy atom. The van der Waals surface area contributed by atoms with Crippen molar-refractivity contribution in [3.8, 4) is 0 Å². The van der Waals surface area contributed by atoms with E-state index < -0.39 is 0 Å². The van der Waals surface area contributed by atoms with Crippen LogP contribution in [0.1, 0.15) is 36.8 Å². The Balaban J connectivity index is 1.66. The Hall–Kier alpha value is -2.00. The molecule has 0 aromatic heterocycles. The van der Waals surface area contributed by atoms with Gasteiger partial charge in [-0.3, -0.25) is 4.99 Å². The molecule has 2 nitrogen and oxygen atoms in total. The molecule has 0 radical (unpaired) electrons. The van der Waals surface area contributed by atoms with Crippen LogP contribution in [0.3, 0.4) is 0 Å². The number of hydrogen-bond acceptors (Lipinski definition) is 3. The molecule has 0 atom stereocenters. The van der Waals surface area contributed by atoms with Crippen molar-refractivity contribution in [1.82, 2.24) is 4.90 Å². The van der Waals surface area contributed by atoms with E-state index in [-0.39, 0.29) is 0 Å². The lowest BCUT2D eigenvalue weighted by molar-refractivity contribution is 0.463. The van der Waals surface area contributed by atoms with Crippen molar-refractivity contribution >= 4 is 21.8 Å². The largest absolute Gasteiger partial charge is 0.324 e. The van der Waals surface area contributed by atoms with E-state index in [1.807, 2.05) is 11.8 Å². The highest BCUT2D eigenvalue weighted by molar-refractivity contribution is 8.22. The standard InChI is InChI=1S/C22H24N2S/c1-4-10-18(11-5-1)14-15-20-21(19-12-6-2-7-13-19)25-22-23-16-8-3-9-17-24(20)22/h1-2,4-7,10-13H,3,8-9,14-17H2. The second-order valence-corrected chi connectivity index (χ2v) is 7.58. The Morgan fingerprint density at radius 1 is 0.840 bits per heavy atom. The van der Waals surface area contributed by atoms with Crippen LogP contribution in [0.5, 0.6) is 0 Å². The molecule has 128 valence electrons. The van der Waals surface area contributed by atoms with E-state index in [1.165, 1.54) is 46.2 Å². The molecule has 0 spiro atoms. The molecule has 4 rings (SSSR count). The summed E-state index contributed by atoms with van der Waals surface area (Å²) in [5.41, 5.74) is 4.19. The summed E-state index contributed by atoms with van der Waals surface area (Å²) in [4.78, 5) is 8.79. The fourth-order valence-electron chi connectivity index (χ4n) is 3.50. The van der Waals surface area contributed by atoms with Gasteiger partial charge in [0, 0.05) is 23.7 Å². The minimum atomic E-state index is 0.965. The van der Waals surface area contributed by atoms with Crippen molar-refractivity contribution in [3.63, 3.8) is 0 Å². The quantitative estimate of drug-likeness (QED) is 0.717. The van der Waals surface area contributed by atoms with Gasteiger partial charge in [0.15, 0.2) is 5.17 Å². The summed E-state index contributed by atoms with van der Waals surface area (Å²) in [5.74, 6) is 0. The van der Waals surface area contributed by atoms with Gasteiger partial charge in [-0.15, -0.1) is 0 Å². The van der Waals surface area contributed by atoms with E-state index in [0.717, 1.165) is 25.9 Å². The van der Waals surface area contributed by atoms with Crippen molar-refractivity contribution < 1.29 is 0 Å². The number of hydrogen-bond donors (Lipinski definition) is 0. The summed E-state index contributed by atoms with van der Waals surface area (Å²) >= 11 is 1.87. The van der Waals surface area contributed by atoms with E-state index in [0.29, 0.717) is 0 Å². The fraction of sp³-hybridized carbons (Fsp3) is 0.318. The Kier molecular flexibility index (Phi) is 5.22. The van der Waals surface area contributed by atoms with Gasteiger partial charge >= 0.3 is 0 Å². The summed E-state index contributed by atoms with van der Waals surface area (Å²) in [6.07, 6.45) is 5.91. The number of nitrogens with zero attached hydrogens (tertiary/aromatic N) is 2. The minimum absolute atomic E-state index is 0.965. The molecule has 0 saturated heterocycles. The molecule has 2 aromatic carbocycles. The van der Waals surface area contributed by atoms with E-state index in [2.05, 4.69) is 65.6 Å². The van der Waals surface area contributed by atoms with Crippen LogP contribution in [0.25, 0.3) is 4.91 Å². The van der Waals surface area contributed by atoms with Crippen molar-refractivity contribution in [1.29, 1.82) is 0 Å². The zero-order valence-corrected chi connectivity index (χ0v) is 15.3. The molecule has 2 aliphatic heterocycles. The lowest BCUT2D eigenvalue weighted by Crippen LogP contribution is -2.27. The molecule has 25 heavy (non-hydrogen) atoms. The van der Waals surface area contributed by atoms with Crippen molar-refractivity contribution in [2.24, 2.45) is 4.99 Å². The van der Waals surface area contributed by atoms with Crippen molar-refractivity contribution in [2.45, 2.75) is 32.1 Å². The highest BCUT2D eigenvalue weighted by Crippen LogP contribution is 2.43. The molecule has 2 aromatic rings. The highest BCUT2D eigenvalue weighted by Gasteiger charge is 2.30. The van der Waals surface area contributed by atoms with Crippen LogP contribution < -0.4 is 0 Å². The normalized spacial score (nSPS) is 17.8. The van der Waals surface area contributed by atoms with Gasteiger partial charge in [0.1, 0.15) is 0 Å². The Bertz CT molecular complexity index is 765. The summed E-state index contributed by atoms with van der Waals surface area (Å²) in [6.45, 7) is 2.07. The van der Waals surface area contributed by atoms with Crippen LogP contribution in [0.15, 0.2) is 71.4 Å². The van der Waals surface area contributed by atoms with Gasteiger partial charge in [-0.1, -0.05) is 60.7 Å². The zero-order chi connectivity index (χ0) is 16.9. The SMILES string of the molecule is c1ccc(CCC2=C(c3ccccc3)SC3=NCCCCCN32)cc1. The van der Waals surface area contributed by atoms with Crippen LogP contribution in [-0.2, 0) is 6.42 Å². The van der Waals surface area contributed by atoms with Gasteiger partial charge in [-0.2, -0.15) is 0 Å². The molecule has 0 aliphatic carbocycles. The average molecular weight is 349 g/mol. The van der Waals surface area contributed by atoms with Crippen molar-refractivity contribution in [3.05, 3.63) is 77.5 Å². The monoisotopic (exact) mass is 348 g/mol. The predicted octanol–water partition coefficient (Wildman–Crippen LogP) is 5.58. The summed E-state index contributed by atoms with van der Waals surface area (Å²) in [5, 5.41) is 1.21. The van der Waals surface area contributed by atoms with Gasteiger partial charge in [0.05, 0.1) is 0 Å². The minimum Gasteiger partial charge on any atom is -0.324 e. The summed E-state index contributed by atoms with van der Waals surface area (Å²) in [7, 11) is 0. The van der Waals surface area contributed by atoms with E-state index in [4.69, 9.17) is 4.99 Å². The van der Waals surface area contributed by atoms with Gasteiger partial charge in [-0.25, -0.2) is 0 Å². The maximum atomic E-state index is 4.89. The molecule has 0 saturated carbocycles. The number of amidine groups is 1. The van der Waals surface area contributed by atoms with Crippen LogP contribution in [0, 0.1) is 0 Å². The number of thioether (sulfide) groups is 1. The molecule has 0 fully saturated rings. The first-order valence-corrected chi connectivity index (χ1v) is 10.1. The molecule has 2 aliphatic rings. The number of rotatable bonds is 4. The van der Waals surface area contributed by atoms with Crippen LogP contribution in [-0.4, -0.2) is 23.2 Å². The highest BCUT2D eigenvalue weighted by atomic mass is 32.2. The zero-order valence-electron chi connectivity index (χ0n) is 14.5. The van der Waals surface area contributed by atoms with E-state index in [9.17, 15) is 0 Å². The van der Waals surface area contributed by atoms with Gasteiger partial charge < -0.3 is 4.90 Å². The van der Waals surface area contributed by atoms with Gasteiger partial charge in [-0.05, 0) is 55.0 Å². The molecule has 0 unspecified atom stereocenters. The smallest absolute Gasteiger partial charge is 0.168 e. The third-order valence-electron chi connectivity index (χ3n) is 4.83. The average Bonchev–Trinajstić information content (AvgIpc) is 2.98. The topological polar surface area (TPSA) is 15.6 Å². The molecule has 0 amide bonds. The van der Waals surface area contributed by atoms with E-state index in [1.54, 1.807) is 0 Å². The summed E-state index contributed by atoms with van der Waals surface area (Å²) in [6, 6.07) is 21.6. The number of fused-ring (bicyclic) bond motifs is 1. The first kappa shape index (κ1) is 16.5. The first-order valence-electron chi connectivity index (χ1n) is 9.24. The molecular weight excluding hydrogens is 324 g/mol. The predicted molar refractivity (Wildman–Crippen MR) is 109 cm³/mol. The Labute approximate surface area is 154 Å². The maximum Gasteiger partial charge on any atom is 0.168 e. The molecular formula is C22H24N2S. The number of allylic oxidation sites excluding steroid dienone is 1. The van der Waals surface area contributed by atoms with E-state index >= 15 is 0 Å². The second-order valence-electron chi connectivity index (χ2n) is 6.61. The lowest BCUT2D eigenvalue weighted by Gasteiger charge is -2.24. The first-order chi connectivity index (χ1) is 12.4. The maximum absolute atomic E-state index is 4.89. The molecule has 0 N–H and O–H groups in total. The third-order valence-corrected chi connectivity index (χ3v) is 6.04. The number of aryl methyl sites for hydroxylation is 1. The van der Waals surface area contributed by atoms with Gasteiger partial charge in [0.25, 0.3) is 0 Å². The Morgan fingerprint density at radius 3 is 2.40 bits per heavy atom. The second kappa shape index (κ2) is 7.92. The van der Waals surface area contributed by atoms with Crippen molar-refractivity contribution in [2.75, 3.05) is 13.1 Å². The van der Waals surface area contributed by atoms with Crippen LogP contribution >= 0.6 is 11.8 Å². The molecule has 0 bridgehead atoms. The van der Waals surface area contributed by atoms with Crippen LogP contribution in [0.2, 0.25) is 0 Å². The number of aliphatic imine (C=N–C) groups is 1. The fourth-order valence-corrected chi connectivity index (χ4v) is 4.73. The lowest BCUT2D eigenvalue weighted by atomic mass is 10.0. The van der Waals surface area contributed by atoms with Gasteiger partial charge in [0.2, 0.25) is 0 Å². The number of benzene rings is 2. The summed E-state index contributed by atoms with van der Waals surface area (Å²) < 4.78 is 0.